The van der Waals surface area contributed by atoms with Gasteiger partial charge in [-0.25, -0.2) is 4.98 Å². The van der Waals surface area contributed by atoms with Crippen LogP contribution in [0.15, 0.2) is 42.6 Å². The Hall–Kier alpha value is -3.33. The van der Waals surface area contributed by atoms with E-state index in [1.54, 1.807) is 25.4 Å². The third kappa shape index (κ3) is 3.95. The van der Waals surface area contributed by atoms with Crippen LogP contribution >= 0.6 is 11.3 Å². The van der Waals surface area contributed by atoms with Crippen LogP contribution in [0.5, 0.6) is 5.75 Å². The second-order valence-electron chi connectivity index (χ2n) is 6.50. The lowest BCUT2D eigenvalue weighted by Gasteiger charge is -2.22. The number of carbonyl (C=O) groups is 3. The molecule has 9 heteroatoms. The van der Waals surface area contributed by atoms with Crippen molar-refractivity contribution in [3.8, 4) is 5.75 Å². The van der Waals surface area contributed by atoms with E-state index in [2.05, 4.69) is 9.97 Å². The Balaban J connectivity index is 1.67. The molecule has 8 nitrogen and oxygen atoms in total. The Morgan fingerprint density at radius 3 is 2.69 bits per heavy atom. The number of amides is 3. The number of thiazole rings is 1. The standard InChI is InChI=1S/C20H18N4O4S/c1-28-14-5-6-15-16(10-14)29-20(22-15)24(11-13-4-2-3-9-21-13)19(27)12-23-17(25)7-8-18(23)26/h2-6,9-10H,7-8,11-12H2,1H3. The summed E-state index contributed by atoms with van der Waals surface area (Å²) in [5.74, 6) is -0.334. The maximum Gasteiger partial charge on any atom is 0.249 e. The third-order valence-corrected chi connectivity index (χ3v) is 5.65. The summed E-state index contributed by atoms with van der Waals surface area (Å²) in [7, 11) is 1.59. The van der Waals surface area contributed by atoms with Crippen LogP contribution in [0.2, 0.25) is 0 Å². The van der Waals surface area contributed by atoms with Gasteiger partial charge in [0.1, 0.15) is 12.3 Å². The first-order chi connectivity index (χ1) is 14.0. The maximum atomic E-state index is 13.1. The van der Waals surface area contributed by atoms with Crippen molar-refractivity contribution in [2.45, 2.75) is 19.4 Å². The average molecular weight is 410 g/mol. The molecule has 3 heterocycles. The van der Waals surface area contributed by atoms with Gasteiger partial charge in [-0.05, 0) is 30.3 Å². The van der Waals surface area contributed by atoms with Crippen molar-refractivity contribution < 1.29 is 19.1 Å². The van der Waals surface area contributed by atoms with Gasteiger partial charge in [0.15, 0.2) is 5.13 Å². The Bertz CT molecular complexity index is 1070. The van der Waals surface area contributed by atoms with Crippen LogP contribution < -0.4 is 9.64 Å². The molecule has 0 bridgehead atoms. The number of likely N-dealkylation sites (tertiary alicyclic amines) is 1. The molecule has 0 atom stereocenters. The minimum Gasteiger partial charge on any atom is -0.497 e. The van der Waals surface area contributed by atoms with Crippen molar-refractivity contribution >= 4 is 44.4 Å². The van der Waals surface area contributed by atoms with Crippen LogP contribution in [0.4, 0.5) is 5.13 Å². The number of imide groups is 1. The molecule has 148 valence electrons. The normalized spacial score (nSPS) is 13.9. The quantitative estimate of drug-likeness (QED) is 0.580. The van der Waals surface area contributed by atoms with Crippen LogP contribution in [0.25, 0.3) is 10.2 Å². The number of hydrogen-bond acceptors (Lipinski definition) is 7. The number of ether oxygens (including phenoxy) is 1. The Labute approximate surface area is 170 Å². The second-order valence-corrected chi connectivity index (χ2v) is 7.51. The molecule has 0 spiro atoms. The first-order valence-corrected chi connectivity index (χ1v) is 9.85. The number of rotatable bonds is 6. The van der Waals surface area contributed by atoms with E-state index in [4.69, 9.17) is 4.74 Å². The first-order valence-electron chi connectivity index (χ1n) is 9.03. The number of fused-ring (bicyclic) bond motifs is 1. The van der Waals surface area contributed by atoms with Gasteiger partial charge in [-0.15, -0.1) is 0 Å². The molecule has 1 aliphatic rings. The number of hydrogen-bond donors (Lipinski definition) is 0. The zero-order valence-corrected chi connectivity index (χ0v) is 16.5. The summed E-state index contributed by atoms with van der Waals surface area (Å²) in [5, 5.41) is 0.475. The van der Waals surface area contributed by atoms with Crippen molar-refractivity contribution in [1.82, 2.24) is 14.9 Å². The van der Waals surface area contributed by atoms with Gasteiger partial charge in [-0.2, -0.15) is 0 Å². The summed E-state index contributed by atoms with van der Waals surface area (Å²) in [5.41, 5.74) is 1.41. The highest BCUT2D eigenvalue weighted by molar-refractivity contribution is 7.22. The monoisotopic (exact) mass is 410 g/mol. The molecule has 0 aliphatic carbocycles. The van der Waals surface area contributed by atoms with Gasteiger partial charge < -0.3 is 4.74 Å². The summed E-state index contributed by atoms with van der Waals surface area (Å²) in [6.45, 7) is -0.114. The fourth-order valence-corrected chi connectivity index (χ4v) is 4.08. The predicted octanol–water partition coefficient (Wildman–Crippen LogP) is 2.38. The van der Waals surface area contributed by atoms with Gasteiger partial charge in [0.05, 0.1) is 29.6 Å². The van der Waals surface area contributed by atoms with Crippen molar-refractivity contribution in [1.29, 1.82) is 0 Å². The second kappa shape index (κ2) is 7.96. The summed E-state index contributed by atoms with van der Waals surface area (Å²) in [4.78, 5) is 48.3. The van der Waals surface area contributed by atoms with Gasteiger partial charge in [0, 0.05) is 19.0 Å². The number of nitrogens with zero attached hydrogens (tertiary/aromatic N) is 4. The molecular formula is C20H18N4O4S. The molecule has 3 amide bonds. The van der Waals surface area contributed by atoms with Crippen LogP contribution in [0.3, 0.4) is 0 Å². The summed E-state index contributed by atoms with van der Waals surface area (Å²) in [6.07, 6.45) is 1.94. The van der Waals surface area contributed by atoms with Crippen molar-refractivity contribution in [2.24, 2.45) is 0 Å². The van der Waals surface area contributed by atoms with Crippen molar-refractivity contribution in [3.63, 3.8) is 0 Å². The largest absolute Gasteiger partial charge is 0.497 e. The molecule has 1 aliphatic heterocycles. The fraction of sp³-hybridized carbons (Fsp3) is 0.250. The van der Waals surface area contributed by atoms with Crippen LogP contribution in [0, 0.1) is 0 Å². The minimum absolute atomic E-state index is 0.146. The number of anilines is 1. The van der Waals surface area contributed by atoms with Crippen molar-refractivity contribution in [2.75, 3.05) is 18.6 Å². The molecule has 0 saturated carbocycles. The first kappa shape index (κ1) is 19.0. The van der Waals surface area contributed by atoms with E-state index in [1.807, 2.05) is 24.3 Å². The summed E-state index contributed by atoms with van der Waals surface area (Å²) < 4.78 is 6.12. The van der Waals surface area contributed by atoms with Crippen LogP contribution in [-0.4, -0.2) is 46.2 Å². The number of benzene rings is 1. The SMILES string of the molecule is COc1ccc2nc(N(Cc3ccccn3)C(=O)CN3C(=O)CCC3=O)sc2c1. The average Bonchev–Trinajstić information content (AvgIpc) is 3.30. The predicted molar refractivity (Wildman–Crippen MR) is 108 cm³/mol. The highest BCUT2D eigenvalue weighted by Crippen LogP contribution is 2.32. The highest BCUT2D eigenvalue weighted by atomic mass is 32.1. The lowest BCUT2D eigenvalue weighted by atomic mass is 10.3. The number of carbonyl (C=O) groups excluding carboxylic acids is 3. The lowest BCUT2D eigenvalue weighted by molar-refractivity contribution is -0.141. The highest BCUT2D eigenvalue weighted by Gasteiger charge is 2.33. The molecule has 1 fully saturated rings. The Morgan fingerprint density at radius 2 is 2.00 bits per heavy atom. The topological polar surface area (TPSA) is 92.7 Å². The Morgan fingerprint density at radius 1 is 1.21 bits per heavy atom. The van der Waals surface area contributed by atoms with E-state index in [9.17, 15) is 14.4 Å². The lowest BCUT2D eigenvalue weighted by Crippen LogP contribution is -2.42. The molecule has 1 saturated heterocycles. The van der Waals surface area contributed by atoms with E-state index in [-0.39, 0.29) is 43.7 Å². The smallest absolute Gasteiger partial charge is 0.249 e. The molecule has 0 radical (unpaired) electrons. The molecule has 0 N–H and O–H groups in total. The van der Waals surface area contributed by atoms with Gasteiger partial charge in [0.2, 0.25) is 17.7 Å². The van der Waals surface area contributed by atoms with Gasteiger partial charge >= 0.3 is 0 Å². The molecule has 0 unspecified atom stereocenters. The zero-order valence-electron chi connectivity index (χ0n) is 15.7. The van der Waals surface area contributed by atoms with Crippen molar-refractivity contribution in [3.05, 3.63) is 48.3 Å². The van der Waals surface area contributed by atoms with E-state index in [0.717, 1.165) is 15.1 Å². The fourth-order valence-electron chi connectivity index (χ4n) is 3.07. The third-order valence-electron chi connectivity index (χ3n) is 4.61. The summed E-state index contributed by atoms with van der Waals surface area (Å²) in [6, 6.07) is 10.9. The van der Waals surface area contributed by atoms with E-state index in [0.29, 0.717) is 16.6 Å². The zero-order chi connectivity index (χ0) is 20.4. The van der Waals surface area contributed by atoms with Gasteiger partial charge in [-0.3, -0.25) is 29.2 Å². The minimum atomic E-state index is -0.384. The molecule has 1 aromatic carbocycles. The molecular weight excluding hydrogens is 392 g/mol. The summed E-state index contributed by atoms with van der Waals surface area (Å²) >= 11 is 1.34. The molecule has 4 rings (SSSR count). The number of aromatic nitrogens is 2. The van der Waals surface area contributed by atoms with E-state index < -0.39 is 0 Å². The number of methoxy groups -OCH3 is 1. The van der Waals surface area contributed by atoms with E-state index in [1.165, 1.54) is 16.2 Å². The van der Waals surface area contributed by atoms with E-state index >= 15 is 0 Å². The molecule has 2 aromatic heterocycles. The van der Waals surface area contributed by atoms with Gasteiger partial charge in [-0.1, -0.05) is 17.4 Å². The molecule has 3 aromatic rings. The number of pyridine rings is 1. The Kier molecular flexibility index (Phi) is 5.22. The van der Waals surface area contributed by atoms with Crippen LogP contribution in [0.1, 0.15) is 18.5 Å². The van der Waals surface area contributed by atoms with Crippen LogP contribution in [-0.2, 0) is 20.9 Å². The van der Waals surface area contributed by atoms with Gasteiger partial charge in [0.25, 0.3) is 0 Å². The maximum absolute atomic E-state index is 13.1. The molecule has 29 heavy (non-hydrogen) atoms.